The van der Waals surface area contributed by atoms with E-state index in [2.05, 4.69) is 19.9 Å². The molecule has 5 heteroatoms. The number of methoxy groups -OCH3 is 1. The zero-order valence-corrected chi connectivity index (χ0v) is 8.62. The molecular weight excluding hydrogens is 206 g/mol. The minimum absolute atomic E-state index is 0.388. The van der Waals surface area contributed by atoms with E-state index in [4.69, 9.17) is 0 Å². The molecule has 2 aromatic rings. The van der Waals surface area contributed by atoms with Gasteiger partial charge in [0.05, 0.1) is 12.6 Å². The van der Waals surface area contributed by atoms with Crippen LogP contribution in [-0.4, -0.2) is 28.3 Å². The van der Waals surface area contributed by atoms with Crippen LogP contribution in [0.4, 0.5) is 0 Å². The minimum Gasteiger partial charge on any atom is -0.466 e. The highest BCUT2D eigenvalue weighted by atomic mass is 16.5. The highest BCUT2D eigenvalue weighted by Gasteiger charge is 1.97. The van der Waals surface area contributed by atoms with E-state index >= 15 is 0 Å². The number of hydrogen-bond donors (Lipinski definition) is 0. The number of rotatable bonds is 2. The Bertz CT molecular complexity index is 552. The molecule has 0 fully saturated rings. The summed E-state index contributed by atoms with van der Waals surface area (Å²) >= 11 is 0. The van der Waals surface area contributed by atoms with Crippen LogP contribution in [0.2, 0.25) is 0 Å². The van der Waals surface area contributed by atoms with Crippen LogP contribution < -0.4 is 0 Å². The monoisotopic (exact) mass is 215 g/mol. The zero-order valence-electron chi connectivity index (χ0n) is 8.62. The first kappa shape index (κ1) is 10.2. The molecule has 2 rings (SSSR count). The summed E-state index contributed by atoms with van der Waals surface area (Å²) in [7, 11) is 1.34. The van der Waals surface area contributed by atoms with E-state index in [0.717, 1.165) is 16.6 Å². The molecule has 0 spiro atoms. The number of hydrogen-bond acceptors (Lipinski definition) is 5. The van der Waals surface area contributed by atoms with E-state index in [1.807, 2.05) is 12.1 Å². The van der Waals surface area contributed by atoms with E-state index in [9.17, 15) is 4.79 Å². The summed E-state index contributed by atoms with van der Waals surface area (Å²) in [5, 5.41) is 7.58. The molecule has 0 saturated carbocycles. The average Bonchev–Trinajstić information content (AvgIpc) is 2.35. The fourth-order valence-corrected chi connectivity index (χ4v) is 1.24. The Labute approximate surface area is 91.8 Å². The van der Waals surface area contributed by atoms with Gasteiger partial charge in [-0.05, 0) is 23.8 Å². The van der Waals surface area contributed by atoms with Gasteiger partial charge >= 0.3 is 5.97 Å². The van der Waals surface area contributed by atoms with Gasteiger partial charge in [0, 0.05) is 6.08 Å². The van der Waals surface area contributed by atoms with Crippen molar-refractivity contribution < 1.29 is 9.53 Å². The lowest BCUT2D eigenvalue weighted by Gasteiger charge is -1.96. The highest BCUT2D eigenvalue weighted by Crippen LogP contribution is 2.11. The van der Waals surface area contributed by atoms with Gasteiger partial charge in [-0.3, -0.25) is 0 Å². The minimum atomic E-state index is -0.388. The molecule has 0 radical (unpaired) electrons. The number of ether oxygens (including phenoxy) is 1. The fourth-order valence-electron chi connectivity index (χ4n) is 1.24. The smallest absolute Gasteiger partial charge is 0.330 e. The first-order valence-electron chi connectivity index (χ1n) is 4.63. The molecular formula is C11H9N3O2. The molecule has 1 aromatic carbocycles. The third-order valence-corrected chi connectivity index (χ3v) is 2.03. The topological polar surface area (TPSA) is 65.0 Å². The van der Waals surface area contributed by atoms with Gasteiger partial charge in [-0.25, -0.2) is 9.78 Å². The Morgan fingerprint density at radius 2 is 2.25 bits per heavy atom. The van der Waals surface area contributed by atoms with Crippen molar-refractivity contribution in [3.05, 3.63) is 36.2 Å². The lowest BCUT2D eigenvalue weighted by molar-refractivity contribution is -0.134. The summed E-state index contributed by atoms with van der Waals surface area (Å²) in [5.74, 6) is -0.388. The van der Waals surface area contributed by atoms with Gasteiger partial charge in [-0.15, -0.1) is 10.2 Å². The van der Waals surface area contributed by atoms with Gasteiger partial charge in [-0.2, -0.15) is 0 Å². The molecule has 0 atom stereocenters. The van der Waals surface area contributed by atoms with E-state index in [0.29, 0.717) is 0 Å². The Hall–Kier alpha value is -2.30. The van der Waals surface area contributed by atoms with Crippen molar-refractivity contribution in [1.82, 2.24) is 15.2 Å². The zero-order chi connectivity index (χ0) is 11.4. The van der Waals surface area contributed by atoms with Gasteiger partial charge < -0.3 is 4.74 Å². The lowest BCUT2D eigenvalue weighted by atomic mass is 10.2. The second-order valence-corrected chi connectivity index (χ2v) is 3.06. The van der Waals surface area contributed by atoms with E-state index in [1.54, 1.807) is 12.1 Å². The summed E-state index contributed by atoms with van der Waals surface area (Å²) in [6, 6.07) is 5.45. The highest BCUT2D eigenvalue weighted by molar-refractivity contribution is 5.88. The second kappa shape index (κ2) is 4.48. The summed E-state index contributed by atoms with van der Waals surface area (Å²) in [6.07, 6.45) is 4.40. The number of nitrogens with zero attached hydrogens (tertiary/aromatic N) is 3. The number of benzene rings is 1. The standard InChI is InChI=1S/C11H9N3O2/c1-16-11(15)5-3-8-2-4-9-10(6-8)12-7-13-14-9/h2-7H,1H3. The van der Waals surface area contributed by atoms with Crippen molar-refractivity contribution >= 4 is 23.1 Å². The van der Waals surface area contributed by atoms with Gasteiger partial charge in [0.15, 0.2) is 0 Å². The largest absolute Gasteiger partial charge is 0.466 e. The van der Waals surface area contributed by atoms with Crippen LogP contribution in [0.25, 0.3) is 17.1 Å². The molecule has 80 valence electrons. The van der Waals surface area contributed by atoms with E-state index in [-0.39, 0.29) is 5.97 Å². The second-order valence-electron chi connectivity index (χ2n) is 3.06. The molecule has 0 aliphatic rings. The van der Waals surface area contributed by atoms with Crippen LogP contribution in [-0.2, 0) is 9.53 Å². The summed E-state index contributed by atoms with van der Waals surface area (Å²) in [6.45, 7) is 0. The van der Waals surface area contributed by atoms with Gasteiger partial charge in [0.1, 0.15) is 11.8 Å². The molecule has 0 aliphatic carbocycles. The molecule has 5 nitrogen and oxygen atoms in total. The Morgan fingerprint density at radius 1 is 1.38 bits per heavy atom. The maximum Gasteiger partial charge on any atom is 0.330 e. The fraction of sp³-hybridized carbons (Fsp3) is 0.0909. The van der Waals surface area contributed by atoms with Crippen LogP contribution in [0.3, 0.4) is 0 Å². The van der Waals surface area contributed by atoms with Gasteiger partial charge in [0.25, 0.3) is 0 Å². The number of esters is 1. The predicted octanol–water partition coefficient (Wildman–Crippen LogP) is 1.21. The van der Waals surface area contributed by atoms with E-state index < -0.39 is 0 Å². The summed E-state index contributed by atoms with van der Waals surface area (Å²) in [4.78, 5) is 15.0. The molecule has 0 N–H and O–H groups in total. The molecule has 0 amide bonds. The maximum atomic E-state index is 10.9. The van der Waals surface area contributed by atoms with Crippen LogP contribution in [0.5, 0.6) is 0 Å². The Kier molecular flexibility index (Phi) is 2.86. The van der Waals surface area contributed by atoms with Gasteiger partial charge in [-0.1, -0.05) is 6.07 Å². The number of carbonyl (C=O) groups is 1. The molecule has 0 bridgehead atoms. The lowest BCUT2D eigenvalue weighted by Crippen LogP contribution is -1.93. The van der Waals surface area contributed by atoms with Crippen LogP contribution in [0.15, 0.2) is 30.6 Å². The SMILES string of the molecule is COC(=O)C=Cc1ccc2nncnc2c1. The van der Waals surface area contributed by atoms with Crippen molar-refractivity contribution in [3.8, 4) is 0 Å². The average molecular weight is 215 g/mol. The van der Waals surface area contributed by atoms with Crippen molar-refractivity contribution in [1.29, 1.82) is 0 Å². The van der Waals surface area contributed by atoms with Crippen molar-refractivity contribution in [3.63, 3.8) is 0 Å². The third kappa shape index (κ3) is 2.20. The van der Waals surface area contributed by atoms with Crippen molar-refractivity contribution in [2.45, 2.75) is 0 Å². The first-order chi connectivity index (χ1) is 7.79. The number of fused-ring (bicyclic) bond motifs is 1. The molecule has 16 heavy (non-hydrogen) atoms. The molecule has 0 aliphatic heterocycles. The third-order valence-electron chi connectivity index (χ3n) is 2.03. The number of carbonyl (C=O) groups excluding carboxylic acids is 1. The normalized spacial score (nSPS) is 10.8. The van der Waals surface area contributed by atoms with Crippen LogP contribution in [0.1, 0.15) is 5.56 Å². The molecule has 1 aromatic heterocycles. The Morgan fingerprint density at radius 3 is 3.06 bits per heavy atom. The molecule has 0 unspecified atom stereocenters. The van der Waals surface area contributed by atoms with Crippen molar-refractivity contribution in [2.24, 2.45) is 0 Å². The van der Waals surface area contributed by atoms with Crippen LogP contribution in [0, 0.1) is 0 Å². The quantitative estimate of drug-likeness (QED) is 0.556. The van der Waals surface area contributed by atoms with E-state index in [1.165, 1.54) is 19.5 Å². The van der Waals surface area contributed by atoms with Crippen molar-refractivity contribution in [2.75, 3.05) is 7.11 Å². The van der Waals surface area contributed by atoms with Gasteiger partial charge in [0.2, 0.25) is 0 Å². The predicted molar refractivity (Wildman–Crippen MR) is 58.4 cm³/mol. The first-order valence-corrected chi connectivity index (χ1v) is 4.63. The van der Waals surface area contributed by atoms with Crippen LogP contribution >= 0.6 is 0 Å². The summed E-state index contributed by atoms with van der Waals surface area (Å²) < 4.78 is 4.50. The molecule has 0 saturated heterocycles. The maximum absolute atomic E-state index is 10.9. The summed E-state index contributed by atoms with van der Waals surface area (Å²) in [5.41, 5.74) is 2.32. The number of aromatic nitrogens is 3. The molecule has 1 heterocycles. The Balaban J connectivity index is 2.33.